The third kappa shape index (κ3) is 5.80. The zero-order chi connectivity index (χ0) is 15.9. The minimum atomic E-state index is -0.375. The summed E-state index contributed by atoms with van der Waals surface area (Å²) in [5, 5.41) is 2.60. The number of benzene rings is 1. The van der Waals surface area contributed by atoms with E-state index in [2.05, 4.69) is 5.32 Å². The number of rotatable bonds is 5. The SMILES string of the molecule is Cl.NCC1CCCCN1C(=O)CNC(=O)Cc1cccc(F)c1. The largest absolute Gasteiger partial charge is 0.347 e. The van der Waals surface area contributed by atoms with Crippen LogP contribution in [0.3, 0.4) is 0 Å². The minimum absolute atomic E-state index is 0. The van der Waals surface area contributed by atoms with Gasteiger partial charge in [0.1, 0.15) is 5.82 Å². The minimum Gasteiger partial charge on any atom is -0.347 e. The predicted molar refractivity (Wildman–Crippen MR) is 88.8 cm³/mol. The number of amides is 2. The van der Waals surface area contributed by atoms with E-state index in [1.54, 1.807) is 17.0 Å². The first kappa shape index (κ1) is 19.4. The van der Waals surface area contributed by atoms with Gasteiger partial charge >= 0.3 is 0 Å². The Bertz CT molecular complexity index is 542. The molecule has 0 bridgehead atoms. The summed E-state index contributed by atoms with van der Waals surface area (Å²) in [5.74, 6) is -0.775. The fourth-order valence-electron chi connectivity index (χ4n) is 2.74. The summed E-state index contributed by atoms with van der Waals surface area (Å²) in [6.07, 6.45) is 3.03. The molecular formula is C16H23ClFN3O2. The molecule has 1 aromatic rings. The quantitative estimate of drug-likeness (QED) is 0.844. The van der Waals surface area contributed by atoms with Crippen LogP contribution in [0.25, 0.3) is 0 Å². The van der Waals surface area contributed by atoms with Crippen molar-refractivity contribution in [1.82, 2.24) is 10.2 Å². The molecule has 1 heterocycles. The van der Waals surface area contributed by atoms with Crippen LogP contribution in [-0.2, 0) is 16.0 Å². The molecule has 1 aliphatic rings. The van der Waals surface area contributed by atoms with E-state index in [9.17, 15) is 14.0 Å². The fraction of sp³-hybridized carbons (Fsp3) is 0.500. The molecule has 3 N–H and O–H groups in total. The molecule has 5 nitrogen and oxygen atoms in total. The van der Waals surface area contributed by atoms with Gasteiger partial charge in [0.2, 0.25) is 11.8 Å². The number of carbonyl (C=O) groups excluding carboxylic acids is 2. The van der Waals surface area contributed by atoms with Crippen molar-refractivity contribution < 1.29 is 14.0 Å². The van der Waals surface area contributed by atoms with Crippen molar-refractivity contribution >= 4 is 24.2 Å². The van der Waals surface area contributed by atoms with Gasteiger partial charge in [-0.3, -0.25) is 9.59 Å². The van der Waals surface area contributed by atoms with Gasteiger partial charge in [0.25, 0.3) is 0 Å². The topological polar surface area (TPSA) is 75.4 Å². The third-order valence-electron chi connectivity index (χ3n) is 3.91. The molecule has 0 aliphatic carbocycles. The van der Waals surface area contributed by atoms with Crippen LogP contribution in [0.1, 0.15) is 24.8 Å². The van der Waals surface area contributed by atoms with Gasteiger partial charge in [0.05, 0.1) is 13.0 Å². The molecule has 1 aromatic carbocycles. The summed E-state index contributed by atoms with van der Waals surface area (Å²) in [7, 11) is 0. The van der Waals surface area contributed by atoms with E-state index in [0.29, 0.717) is 18.7 Å². The Kier molecular flexibility index (Phi) is 7.98. The molecule has 1 unspecified atom stereocenters. The highest BCUT2D eigenvalue weighted by Gasteiger charge is 2.25. The fourth-order valence-corrected chi connectivity index (χ4v) is 2.74. The number of hydrogen-bond acceptors (Lipinski definition) is 3. The second-order valence-corrected chi connectivity index (χ2v) is 5.56. The zero-order valence-electron chi connectivity index (χ0n) is 13.0. The number of nitrogens with two attached hydrogens (primary N) is 1. The van der Waals surface area contributed by atoms with Crippen LogP contribution in [0, 0.1) is 5.82 Å². The van der Waals surface area contributed by atoms with E-state index < -0.39 is 0 Å². The zero-order valence-corrected chi connectivity index (χ0v) is 13.8. The van der Waals surface area contributed by atoms with Crippen LogP contribution in [0.5, 0.6) is 0 Å². The maximum atomic E-state index is 13.1. The Morgan fingerprint density at radius 3 is 2.83 bits per heavy atom. The highest BCUT2D eigenvalue weighted by molar-refractivity contribution is 5.86. The van der Waals surface area contributed by atoms with E-state index >= 15 is 0 Å². The molecule has 0 spiro atoms. The monoisotopic (exact) mass is 343 g/mol. The van der Waals surface area contributed by atoms with Crippen LogP contribution < -0.4 is 11.1 Å². The molecule has 2 amide bonds. The number of piperidine rings is 1. The summed E-state index contributed by atoms with van der Waals surface area (Å²) in [5.41, 5.74) is 6.27. The number of nitrogens with zero attached hydrogens (tertiary/aromatic N) is 1. The van der Waals surface area contributed by atoms with Crippen LogP contribution in [-0.4, -0.2) is 42.4 Å². The van der Waals surface area contributed by atoms with Crippen molar-refractivity contribution in [3.63, 3.8) is 0 Å². The first-order chi connectivity index (χ1) is 10.6. The molecule has 0 saturated carbocycles. The molecule has 0 aromatic heterocycles. The van der Waals surface area contributed by atoms with Gasteiger partial charge in [-0.05, 0) is 37.0 Å². The molecule has 1 atom stereocenters. The van der Waals surface area contributed by atoms with E-state index in [1.165, 1.54) is 12.1 Å². The Morgan fingerprint density at radius 1 is 1.35 bits per heavy atom. The number of hydrogen-bond donors (Lipinski definition) is 2. The molecule has 1 saturated heterocycles. The molecule has 1 aliphatic heterocycles. The molecular weight excluding hydrogens is 321 g/mol. The van der Waals surface area contributed by atoms with Gasteiger partial charge in [-0.2, -0.15) is 0 Å². The van der Waals surface area contributed by atoms with Crippen molar-refractivity contribution in [3.8, 4) is 0 Å². The predicted octanol–water partition coefficient (Wildman–Crippen LogP) is 1.25. The summed E-state index contributed by atoms with van der Waals surface area (Å²) in [4.78, 5) is 25.8. The Labute approximate surface area is 141 Å². The lowest BCUT2D eigenvalue weighted by atomic mass is 10.0. The highest BCUT2D eigenvalue weighted by Crippen LogP contribution is 2.15. The van der Waals surface area contributed by atoms with Crippen LogP contribution >= 0.6 is 12.4 Å². The molecule has 23 heavy (non-hydrogen) atoms. The van der Waals surface area contributed by atoms with E-state index in [4.69, 9.17) is 5.73 Å². The maximum absolute atomic E-state index is 13.1. The van der Waals surface area contributed by atoms with Gasteiger partial charge in [0.15, 0.2) is 0 Å². The maximum Gasteiger partial charge on any atom is 0.242 e. The summed E-state index contributed by atoms with van der Waals surface area (Å²) in [6.45, 7) is 1.11. The number of nitrogens with one attached hydrogen (secondary N) is 1. The van der Waals surface area contributed by atoms with Crippen LogP contribution in [0.2, 0.25) is 0 Å². The molecule has 128 valence electrons. The average molecular weight is 344 g/mol. The molecule has 1 fully saturated rings. The lowest BCUT2D eigenvalue weighted by Gasteiger charge is -2.35. The average Bonchev–Trinajstić information content (AvgIpc) is 2.52. The highest BCUT2D eigenvalue weighted by atomic mass is 35.5. The second-order valence-electron chi connectivity index (χ2n) is 5.56. The van der Waals surface area contributed by atoms with Crippen LogP contribution in [0.15, 0.2) is 24.3 Å². The number of carbonyl (C=O) groups is 2. The summed E-state index contributed by atoms with van der Waals surface area (Å²) >= 11 is 0. The molecule has 0 radical (unpaired) electrons. The summed E-state index contributed by atoms with van der Waals surface area (Å²) < 4.78 is 13.1. The Morgan fingerprint density at radius 2 is 2.13 bits per heavy atom. The smallest absolute Gasteiger partial charge is 0.242 e. The number of likely N-dealkylation sites (tertiary alicyclic amines) is 1. The molecule has 2 rings (SSSR count). The second kappa shape index (κ2) is 9.47. The van der Waals surface area contributed by atoms with Crippen molar-refractivity contribution in [2.75, 3.05) is 19.6 Å². The van der Waals surface area contributed by atoms with Gasteiger partial charge in [-0.1, -0.05) is 12.1 Å². The van der Waals surface area contributed by atoms with Gasteiger partial charge < -0.3 is 16.0 Å². The lowest BCUT2D eigenvalue weighted by molar-refractivity contribution is -0.135. The van der Waals surface area contributed by atoms with Crippen molar-refractivity contribution in [2.24, 2.45) is 5.73 Å². The lowest BCUT2D eigenvalue weighted by Crippen LogP contribution is -2.50. The Hall–Kier alpha value is -1.66. The van der Waals surface area contributed by atoms with Crippen molar-refractivity contribution in [3.05, 3.63) is 35.6 Å². The van der Waals surface area contributed by atoms with Crippen LogP contribution in [0.4, 0.5) is 4.39 Å². The van der Waals surface area contributed by atoms with Gasteiger partial charge in [-0.25, -0.2) is 4.39 Å². The van der Waals surface area contributed by atoms with Gasteiger partial charge in [0, 0.05) is 19.1 Å². The summed E-state index contributed by atoms with van der Waals surface area (Å²) in [6, 6.07) is 5.95. The van der Waals surface area contributed by atoms with E-state index in [1.807, 2.05) is 0 Å². The standard InChI is InChI=1S/C16H22FN3O2.ClH/c17-13-5-3-4-12(8-13)9-15(21)19-11-16(22)20-7-2-1-6-14(20)10-18;/h3-5,8,14H,1-2,6-7,9-11,18H2,(H,19,21);1H. The van der Waals surface area contributed by atoms with Crippen molar-refractivity contribution in [1.29, 1.82) is 0 Å². The first-order valence-corrected chi connectivity index (χ1v) is 7.61. The van der Waals surface area contributed by atoms with Gasteiger partial charge in [-0.15, -0.1) is 12.4 Å². The number of halogens is 2. The van der Waals surface area contributed by atoms with Crippen molar-refractivity contribution in [2.45, 2.75) is 31.7 Å². The Balaban J connectivity index is 0.00000264. The first-order valence-electron chi connectivity index (χ1n) is 7.61. The third-order valence-corrected chi connectivity index (χ3v) is 3.91. The van der Waals surface area contributed by atoms with E-state index in [0.717, 1.165) is 19.3 Å². The molecule has 7 heteroatoms. The van der Waals surface area contributed by atoms with E-state index in [-0.39, 0.29) is 49.0 Å². The normalized spacial score (nSPS) is 17.3.